The second kappa shape index (κ2) is 4.38. The molecule has 0 bridgehead atoms. The van der Waals surface area contributed by atoms with Crippen LogP contribution in [-0.4, -0.2) is 17.6 Å². The van der Waals surface area contributed by atoms with Crippen LogP contribution in [0.4, 0.5) is 0 Å². The molecule has 0 atom stereocenters. The second-order valence-corrected chi connectivity index (χ2v) is 4.78. The lowest BCUT2D eigenvalue weighted by atomic mass is 10.1. The average molecular weight is 257 g/mol. The highest BCUT2D eigenvalue weighted by Crippen LogP contribution is 2.30. The lowest BCUT2D eigenvalue weighted by Gasteiger charge is -2.05. The predicted octanol–water partition coefficient (Wildman–Crippen LogP) is 3.63. The highest BCUT2D eigenvalue weighted by atomic mass is 32.1. The van der Waals surface area contributed by atoms with Crippen LogP contribution in [0.3, 0.4) is 0 Å². The first-order valence-corrected chi connectivity index (χ1v) is 6.62. The summed E-state index contributed by atoms with van der Waals surface area (Å²) in [7, 11) is 0. The van der Waals surface area contributed by atoms with E-state index in [1.165, 1.54) is 0 Å². The molecular formula is C14H11NO2S. The number of hydrogen-bond donors (Lipinski definition) is 0. The molecule has 0 unspecified atom stereocenters. The standard InChI is InChI=1S/C14H11NO2S/c1-2-17-14(16)12-10-7-8-18-13(10)9-5-3-4-6-11(9)15-12/h3-8H,2H2,1H3. The number of esters is 1. The van der Waals surface area contributed by atoms with Gasteiger partial charge in [0, 0.05) is 15.5 Å². The Kier molecular flexibility index (Phi) is 2.72. The summed E-state index contributed by atoms with van der Waals surface area (Å²) in [5.41, 5.74) is 1.24. The van der Waals surface area contributed by atoms with E-state index < -0.39 is 0 Å². The van der Waals surface area contributed by atoms with Crippen molar-refractivity contribution in [2.75, 3.05) is 6.61 Å². The van der Waals surface area contributed by atoms with Crippen LogP contribution in [0.25, 0.3) is 21.0 Å². The first kappa shape index (κ1) is 11.2. The van der Waals surface area contributed by atoms with E-state index in [0.717, 1.165) is 21.0 Å². The van der Waals surface area contributed by atoms with E-state index in [9.17, 15) is 4.79 Å². The lowest BCUT2D eigenvalue weighted by molar-refractivity contribution is 0.0522. The van der Waals surface area contributed by atoms with Gasteiger partial charge in [-0.15, -0.1) is 11.3 Å². The van der Waals surface area contributed by atoms with Gasteiger partial charge in [0.05, 0.1) is 12.1 Å². The fraction of sp³-hybridized carbons (Fsp3) is 0.143. The van der Waals surface area contributed by atoms with Crippen molar-refractivity contribution < 1.29 is 9.53 Å². The van der Waals surface area contributed by atoms with Crippen molar-refractivity contribution in [1.82, 2.24) is 4.98 Å². The SMILES string of the molecule is CCOC(=O)c1nc2ccccc2c2sccc12. The zero-order valence-electron chi connectivity index (χ0n) is 9.84. The number of para-hydroxylation sites is 1. The van der Waals surface area contributed by atoms with Crippen LogP contribution in [0.1, 0.15) is 17.4 Å². The molecule has 2 aromatic heterocycles. The van der Waals surface area contributed by atoms with E-state index >= 15 is 0 Å². The number of nitrogens with zero attached hydrogens (tertiary/aromatic N) is 1. The number of fused-ring (bicyclic) bond motifs is 3. The van der Waals surface area contributed by atoms with Gasteiger partial charge >= 0.3 is 5.97 Å². The summed E-state index contributed by atoms with van der Waals surface area (Å²) in [6.07, 6.45) is 0. The molecule has 0 aliphatic heterocycles. The molecule has 0 spiro atoms. The second-order valence-electron chi connectivity index (χ2n) is 3.86. The van der Waals surface area contributed by atoms with Crippen LogP contribution in [0.5, 0.6) is 0 Å². The first-order valence-electron chi connectivity index (χ1n) is 5.74. The molecule has 3 aromatic rings. The topological polar surface area (TPSA) is 39.2 Å². The van der Waals surface area contributed by atoms with Gasteiger partial charge in [-0.05, 0) is 24.4 Å². The molecule has 1 aromatic carbocycles. The number of rotatable bonds is 2. The molecule has 0 aliphatic carbocycles. The van der Waals surface area contributed by atoms with E-state index in [-0.39, 0.29) is 5.97 Å². The van der Waals surface area contributed by atoms with Crippen LogP contribution < -0.4 is 0 Å². The summed E-state index contributed by atoms with van der Waals surface area (Å²) < 4.78 is 6.14. The fourth-order valence-corrected chi connectivity index (χ4v) is 2.93. The van der Waals surface area contributed by atoms with E-state index in [1.807, 2.05) is 35.7 Å². The third-order valence-corrected chi connectivity index (χ3v) is 3.72. The summed E-state index contributed by atoms with van der Waals surface area (Å²) in [6.45, 7) is 2.16. The summed E-state index contributed by atoms with van der Waals surface area (Å²) in [6, 6.07) is 9.76. The van der Waals surface area contributed by atoms with Crippen molar-refractivity contribution in [1.29, 1.82) is 0 Å². The van der Waals surface area contributed by atoms with Crippen LogP contribution in [-0.2, 0) is 4.74 Å². The lowest BCUT2D eigenvalue weighted by Crippen LogP contribution is -2.07. The molecule has 2 heterocycles. The third-order valence-electron chi connectivity index (χ3n) is 2.77. The Bertz CT molecular complexity index is 733. The molecule has 18 heavy (non-hydrogen) atoms. The maximum atomic E-state index is 11.9. The van der Waals surface area contributed by atoms with Crippen LogP contribution in [0, 0.1) is 0 Å². The maximum absolute atomic E-state index is 11.9. The molecule has 0 N–H and O–H groups in total. The predicted molar refractivity (Wildman–Crippen MR) is 73.1 cm³/mol. The number of pyridine rings is 1. The maximum Gasteiger partial charge on any atom is 0.357 e. The summed E-state index contributed by atoms with van der Waals surface area (Å²) in [5.74, 6) is -0.355. The van der Waals surface area contributed by atoms with Crippen molar-refractivity contribution in [3.8, 4) is 0 Å². The van der Waals surface area contributed by atoms with Crippen molar-refractivity contribution >= 4 is 38.3 Å². The Labute approximate surface area is 108 Å². The van der Waals surface area contributed by atoms with Crippen LogP contribution in [0.15, 0.2) is 35.7 Å². The molecule has 0 aliphatic rings. The highest BCUT2D eigenvalue weighted by Gasteiger charge is 2.16. The zero-order valence-corrected chi connectivity index (χ0v) is 10.7. The Balaban J connectivity index is 2.35. The Morgan fingerprint density at radius 3 is 2.94 bits per heavy atom. The molecular weight excluding hydrogens is 246 g/mol. The van der Waals surface area contributed by atoms with E-state index in [2.05, 4.69) is 4.98 Å². The summed E-state index contributed by atoms with van der Waals surface area (Å²) in [4.78, 5) is 16.3. The molecule has 3 nitrogen and oxygen atoms in total. The van der Waals surface area contributed by atoms with Gasteiger partial charge in [-0.3, -0.25) is 0 Å². The van der Waals surface area contributed by atoms with Crippen molar-refractivity contribution in [2.24, 2.45) is 0 Å². The van der Waals surface area contributed by atoms with Gasteiger partial charge in [0.25, 0.3) is 0 Å². The van der Waals surface area contributed by atoms with Crippen molar-refractivity contribution in [2.45, 2.75) is 6.92 Å². The minimum atomic E-state index is -0.355. The Morgan fingerprint density at radius 2 is 2.11 bits per heavy atom. The number of carbonyl (C=O) groups excluding carboxylic acids is 1. The van der Waals surface area contributed by atoms with Crippen LogP contribution >= 0.6 is 11.3 Å². The van der Waals surface area contributed by atoms with Gasteiger partial charge in [-0.25, -0.2) is 9.78 Å². The van der Waals surface area contributed by atoms with Crippen LogP contribution in [0.2, 0.25) is 0 Å². The van der Waals surface area contributed by atoms with E-state index in [1.54, 1.807) is 18.3 Å². The average Bonchev–Trinajstić information content (AvgIpc) is 2.87. The van der Waals surface area contributed by atoms with Gasteiger partial charge in [0.2, 0.25) is 0 Å². The third kappa shape index (κ3) is 1.66. The largest absolute Gasteiger partial charge is 0.461 e. The molecule has 4 heteroatoms. The number of ether oxygens (including phenoxy) is 1. The van der Waals surface area contributed by atoms with Gasteiger partial charge in [0.15, 0.2) is 5.69 Å². The minimum absolute atomic E-state index is 0.355. The molecule has 0 radical (unpaired) electrons. The first-order chi connectivity index (χ1) is 8.81. The highest BCUT2D eigenvalue weighted by molar-refractivity contribution is 7.18. The van der Waals surface area contributed by atoms with E-state index in [4.69, 9.17) is 4.74 Å². The van der Waals surface area contributed by atoms with Crippen molar-refractivity contribution in [3.05, 3.63) is 41.4 Å². The molecule has 0 saturated carbocycles. The number of benzene rings is 1. The molecule has 0 saturated heterocycles. The number of hydrogen-bond acceptors (Lipinski definition) is 4. The number of carbonyl (C=O) groups is 1. The van der Waals surface area contributed by atoms with Crippen molar-refractivity contribution in [3.63, 3.8) is 0 Å². The van der Waals surface area contributed by atoms with Gasteiger partial charge in [0.1, 0.15) is 0 Å². The zero-order chi connectivity index (χ0) is 12.5. The molecule has 90 valence electrons. The molecule has 3 rings (SSSR count). The summed E-state index contributed by atoms with van der Waals surface area (Å²) >= 11 is 1.62. The fourth-order valence-electron chi connectivity index (χ4n) is 2.00. The number of aromatic nitrogens is 1. The normalized spacial score (nSPS) is 10.9. The Hall–Kier alpha value is -1.94. The number of thiophene rings is 1. The molecule has 0 amide bonds. The monoisotopic (exact) mass is 257 g/mol. The van der Waals surface area contributed by atoms with Gasteiger partial charge in [-0.1, -0.05) is 18.2 Å². The van der Waals surface area contributed by atoms with Gasteiger partial charge < -0.3 is 4.74 Å². The Morgan fingerprint density at radius 1 is 1.28 bits per heavy atom. The van der Waals surface area contributed by atoms with Gasteiger partial charge in [-0.2, -0.15) is 0 Å². The summed E-state index contributed by atoms with van der Waals surface area (Å²) in [5, 5.41) is 3.93. The minimum Gasteiger partial charge on any atom is -0.461 e. The quantitative estimate of drug-likeness (QED) is 0.658. The smallest absolute Gasteiger partial charge is 0.357 e. The van der Waals surface area contributed by atoms with E-state index in [0.29, 0.717) is 12.3 Å². The molecule has 0 fully saturated rings.